The molecule has 0 aliphatic heterocycles. The molecule has 102 valence electrons. The van der Waals surface area contributed by atoms with Crippen LogP contribution in [0.5, 0.6) is 0 Å². The zero-order chi connectivity index (χ0) is 14.1. The second-order valence-corrected chi connectivity index (χ2v) is 6.65. The Kier molecular flexibility index (Phi) is 3.58. The molecule has 0 fully saturated rings. The second kappa shape index (κ2) is 5.37. The summed E-state index contributed by atoms with van der Waals surface area (Å²) in [6, 6.07) is 15.4. The molecule has 0 unspecified atom stereocenters. The van der Waals surface area contributed by atoms with Gasteiger partial charge in [-0.2, -0.15) is 4.57 Å². The van der Waals surface area contributed by atoms with Crippen molar-refractivity contribution in [2.24, 2.45) is 0 Å². The van der Waals surface area contributed by atoms with Gasteiger partial charge in [0.15, 0.2) is 6.54 Å². The summed E-state index contributed by atoms with van der Waals surface area (Å²) in [7, 11) is 0. The van der Waals surface area contributed by atoms with E-state index >= 15 is 0 Å². The maximum atomic E-state index is 2.46. The van der Waals surface area contributed by atoms with Crippen LogP contribution >= 0.6 is 11.3 Å². The van der Waals surface area contributed by atoms with E-state index in [0.717, 1.165) is 13.0 Å². The van der Waals surface area contributed by atoms with Gasteiger partial charge in [-0.3, -0.25) is 0 Å². The molecule has 2 heteroatoms. The number of thiazole rings is 1. The fourth-order valence-electron chi connectivity index (χ4n) is 2.61. The number of benzene rings is 2. The van der Waals surface area contributed by atoms with Crippen LogP contribution in [0.3, 0.4) is 0 Å². The fourth-order valence-corrected chi connectivity index (χ4v) is 3.74. The lowest BCUT2D eigenvalue weighted by molar-refractivity contribution is -0.672. The van der Waals surface area contributed by atoms with Crippen molar-refractivity contribution in [3.63, 3.8) is 0 Å². The van der Waals surface area contributed by atoms with E-state index in [4.69, 9.17) is 0 Å². The van der Waals surface area contributed by atoms with Gasteiger partial charge in [0.25, 0.3) is 0 Å². The Morgan fingerprint density at radius 2 is 1.65 bits per heavy atom. The molecule has 1 aromatic heterocycles. The van der Waals surface area contributed by atoms with Crippen molar-refractivity contribution in [1.29, 1.82) is 0 Å². The van der Waals surface area contributed by atoms with Gasteiger partial charge < -0.3 is 0 Å². The summed E-state index contributed by atoms with van der Waals surface area (Å²) in [6.07, 6.45) is 1.09. The third-order valence-electron chi connectivity index (χ3n) is 3.97. The van der Waals surface area contributed by atoms with E-state index in [9.17, 15) is 0 Å². The zero-order valence-corrected chi connectivity index (χ0v) is 13.1. The van der Waals surface area contributed by atoms with E-state index in [2.05, 4.69) is 67.8 Å². The Morgan fingerprint density at radius 1 is 0.950 bits per heavy atom. The lowest BCUT2D eigenvalue weighted by Gasteiger charge is -2.00. The number of fused-ring (bicyclic) bond motifs is 1. The van der Waals surface area contributed by atoms with Crippen molar-refractivity contribution < 1.29 is 4.57 Å². The van der Waals surface area contributed by atoms with Crippen LogP contribution in [0.15, 0.2) is 42.5 Å². The van der Waals surface area contributed by atoms with Gasteiger partial charge in [-0.25, -0.2) is 0 Å². The van der Waals surface area contributed by atoms with Crippen molar-refractivity contribution in [3.05, 3.63) is 64.2 Å². The average molecular weight is 282 g/mol. The average Bonchev–Trinajstić information content (AvgIpc) is 2.73. The number of rotatable bonds is 3. The predicted octanol–water partition coefficient (Wildman–Crippen LogP) is 4.36. The van der Waals surface area contributed by atoms with Gasteiger partial charge in [0.05, 0.1) is 0 Å². The molecule has 20 heavy (non-hydrogen) atoms. The maximum Gasteiger partial charge on any atom is 0.235 e. The summed E-state index contributed by atoms with van der Waals surface area (Å²) in [5.41, 5.74) is 5.55. The van der Waals surface area contributed by atoms with E-state index in [0.29, 0.717) is 0 Å². The molecule has 0 saturated carbocycles. The van der Waals surface area contributed by atoms with Crippen molar-refractivity contribution in [3.8, 4) is 0 Å². The summed E-state index contributed by atoms with van der Waals surface area (Å²) in [6.45, 7) is 7.67. The monoisotopic (exact) mass is 282 g/mol. The standard InChI is InChI=1S/C18H20NS/c1-13-11-17-18(12-14(13)2)20-15(3)19(17)10-9-16-7-5-4-6-8-16/h4-8,11-12H,9-10H2,1-3H3/q+1. The van der Waals surface area contributed by atoms with Crippen molar-refractivity contribution in [2.45, 2.75) is 33.7 Å². The first-order valence-corrected chi connectivity index (χ1v) is 7.91. The fraction of sp³-hybridized carbons (Fsp3) is 0.278. The van der Waals surface area contributed by atoms with Gasteiger partial charge in [-0.15, -0.1) is 0 Å². The molecule has 3 rings (SSSR count). The smallest absolute Gasteiger partial charge is 0.186 e. The second-order valence-electron chi connectivity index (χ2n) is 5.41. The molecule has 0 atom stereocenters. The number of nitrogens with zero attached hydrogens (tertiary/aromatic N) is 1. The molecule has 0 N–H and O–H groups in total. The molecule has 0 bridgehead atoms. The first-order valence-electron chi connectivity index (χ1n) is 7.09. The van der Waals surface area contributed by atoms with Crippen LogP contribution in [0.2, 0.25) is 0 Å². The van der Waals surface area contributed by atoms with E-state index in [1.807, 2.05) is 11.3 Å². The van der Waals surface area contributed by atoms with Crippen molar-refractivity contribution in [1.82, 2.24) is 0 Å². The molecule has 1 nitrogen and oxygen atoms in total. The Bertz CT molecular complexity index is 741. The van der Waals surface area contributed by atoms with Gasteiger partial charge in [0.1, 0.15) is 4.70 Å². The highest BCUT2D eigenvalue weighted by Gasteiger charge is 2.17. The van der Waals surface area contributed by atoms with Crippen LogP contribution in [0, 0.1) is 20.8 Å². The summed E-state index contributed by atoms with van der Waals surface area (Å²) < 4.78 is 3.86. The van der Waals surface area contributed by atoms with Gasteiger partial charge in [0, 0.05) is 19.4 Å². The van der Waals surface area contributed by atoms with E-state index in [-0.39, 0.29) is 0 Å². The molecule has 0 radical (unpaired) electrons. The molecule has 1 heterocycles. The number of hydrogen-bond acceptors (Lipinski definition) is 1. The Labute approximate surface area is 124 Å². The highest BCUT2D eigenvalue weighted by molar-refractivity contribution is 7.18. The van der Waals surface area contributed by atoms with Gasteiger partial charge in [0.2, 0.25) is 10.5 Å². The SMILES string of the molecule is Cc1cc2sc(C)[n+](CCc3ccccc3)c2cc1C. The minimum absolute atomic E-state index is 1.05. The topological polar surface area (TPSA) is 3.88 Å². The van der Waals surface area contributed by atoms with Crippen LogP contribution in [0.4, 0.5) is 0 Å². The van der Waals surface area contributed by atoms with Crippen LogP contribution < -0.4 is 4.57 Å². The van der Waals surface area contributed by atoms with E-state index in [1.165, 1.54) is 31.9 Å². The third-order valence-corrected chi connectivity index (χ3v) is 5.03. The van der Waals surface area contributed by atoms with Gasteiger partial charge in [-0.05, 0) is 36.6 Å². The molecule has 3 aromatic rings. The minimum atomic E-state index is 1.05. The van der Waals surface area contributed by atoms with E-state index in [1.54, 1.807) is 0 Å². The molecular weight excluding hydrogens is 262 g/mol. The quantitative estimate of drug-likeness (QED) is 0.629. The van der Waals surface area contributed by atoms with Crippen molar-refractivity contribution in [2.75, 3.05) is 0 Å². The molecule has 0 amide bonds. The Hall–Kier alpha value is -1.67. The number of hydrogen-bond donors (Lipinski definition) is 0. The molecular formula is C18H20NS+. The summed E-state index contributed by atoms with van der Waals surface area (Å²) in [5, 5.41) is 1.39. The zero-order valence-electron chi connectivity index (χ0n) is 12.3. The van der Waals surface area contributed by atoms with Crippen LogP contribution in [0.1, 0.15) is 21.7 Å². The lowest BCUT2D eigenvalue weighted by Crippen LogP contribution is -2.36. The predicted molar refractivity (Wildman–Crippen MR) is 86.4 cm³/mol. The van der Waals surface area contributed by atoms with Crippen molar-refractivity contribution >= 4 is 21.6 Å². The molecule has 2 aromatic carbocycles. The first-order chi connectivity index (χ1) is 9.65. The van der Waals surface area contributed by atoms with Gasteiger partial charge in [-0.1, -0.05) is 41.7 Å². The van der Waals surface area contributed by atoms with Gasteiger partial charge >= 0.3 is 0 Å². The maximum absolute atomic E-state index is 2.46. The lowest BCUT2D eigenvalue weighted by atomic mass is 10.1. The highest BCUT2D eigenvalue weighted by atomic mass is 32.1. The molecule has 0 saturated heterocycles. The summed E-state index contributed by atoms with van der Waals surface area (Å²) in [4.78, 5) is 0. The molecule has 0 aliphatic rings. The normalized spacial score (nSPS) is 11.2. The third kappa shape index (κ3) is 2.48. The highest BCUT2D eigenvalue weighted by Crippen LogP contribution is 2.23. The van der Waals surface area contributed by atoms with Crippen LogP contribution in [-0.4, -0.2) is 0 Å². The van der Waals surface area contributed by atoms with Crippen LogP contribution in [-0.2, 0) is 13.0 Å². The Morgan fingerprint density at radius 3 is 2.40 bits per heavy atom. The van der Waals surface area contributed by atoms with Crippen LogP contribution in [0.25, 0.3) is 10.2 Å². The summed E-state index contributed by atoms with van der Waals surface area (Å²) >= 11 is 1.90. The number of aryl methyl sites for hydroxylation is 5. The summed E-state index contributed by atoms with van der Waals surface area (Å²) in [5.74, 6) is 0. The molecule has 0 aliphatic carbocycles. The van der Waals surface area contributed by atoms with E-state index < -0.39 is 0 Å². The first kappa shape index (κ1) is 13.3. The number of aromatic nitrogens is 1. The molecule has 0 spiro atoms. The minimum Gasteiger partial charge on any atom is -0.186 e. The Balaban J connectivity index is 1.95. The largest absolute Gasteiger partial charge is 0.235 e.